The smallest absolute Gasteiger partial charge is 0.193 e. The Morgan fingerprint density at radius 2 is 2.21 bits per heavy atom. The van der Waals surface area contributed by atoms with Crippen molar-refractivity contribution in [1.82, 2.24) is 4.57 Å². The summed E-state index contributed by atoms with van der Waals surface area (Å²) >= 11 is 0. The first-order valence-corrected chi connectivity index (χ1v) is 6.79. The third-order valence-corrected chi connectivity index (χ3v) is 4.06. The van der Waals surface area contributed by atoms with Crippen LogP contribution in [0.1, 0.15) is 29.3 Å². The van der Waals surface area contributed by atoms with Crippen molar-refractivity contribution in [3.8, 4) is 0 Å². The zero-order chi connectivity index (χ0) is 13.6. The van der Waals surface area contributed by atoms with E-state index in [1.54, 1.807) is 0 Å². The summed E-state index contributed by atoms with van der Waals surface area (Å²) in [4.78, 5) is 12.6. The van der Waals surface area contributed by atoms with Crippen LogP contribution in [0.4, 0.5) is 0 Å². The number of ketones is 1. The molecule has 1 aromatic heterocycles. The minimum atomic E-state index is -0.271. The molecule has 2 aromatic rings. The second kappa shape index (κ2) is 4.49. The lowest BCUT2D eigenvalue weighted by Crippen LogP contribution is -2.25. The van der Waals surface area contributed by atoms with Crippen LogP contribution in [0.5, 0.6) is 0 Å². The summed E-state index contributed by atoms with van der Waals surface area (Å²) in [6.45, 7) is 4.85. The number of hydrogen-bond donors (Lipinski definition) is 0. The van der Waals surface area contributed by atoms with E-state index >= 15 is 0 Å². The van der Waals surface area contributed by atoms with Crippen LogP contribution in [0.3, 0.4) is 0 Å². The average molecular weight is 257 g/mol. The van der Waals surface area contributed by atoms with Crippen molar-refractivity contribution in [2.75, 3.05) is 6.61 Å². The molecule has 1 aromatic carbocycles. The molecular weight excluding hydrogens is 238 g/mol. The number of Topliss-reactive ketones (excluding diaryl/α,β-unsaturated/α-hetero) is 1. The van der Waals surface area contributed by atoms with Crippen molar-refractivity contribution < 1.29 is 9.53 Å². The minimum absolute atomic E-state index is 0.124. The van der Waals surface area contributed by atoms with Gasteiger partial charge in [0.15, 0.2) is 5.78 Å². The quantitative estimate of drug-likeness (QED) is 0.774. The Labute approximate surface area is 113 Å². The Bertz CT molecular complexity index is 641. The SMILES string of the molecule is Cc1ccc2c(C(=O)C3OCCC3C)cn(C)c2c1. The van der Waals surface area contributed by atoms with E-state index in [1.807, 2.05) is 23.9 Å². The highest BCUT2D eigenvalue weighted by molar-refractivity contribution is 6.10. The van der Waals surface area contributed by atoms with Gasteiger partial charge >= 0.3 is 0 Å². The number of fused-ring (bicyclic) bond motifs is 1. The molecule has 2 unspecified atom stereocenters. The summed E-state index contributed by atoms with van der Waals surface area (Å²) in [7, 11) is 1.98. The van der Waals surface area contributed by atoms with Gasteiger partial charge in [-0.1, -0.05) is 19.1 Å². The van der Waals surface area contributed by atoms with E-state index < -0.39 is 0 Å². The molecule has 2 heterocycles. The van der Waals surface area contributed by atoms with Gasteiger partial charge in [0, 0.05) is 36.3 Å². The number of aryl methyl sites for hydroxylation is 2. The van der Waals surface area contributed by atoms with Gasteiger partial charge in [0.1, 0.15) is 6.10 Å². The van der Waals surface area contributed by atoms with Crippen LogP contribution in [0.2, 0.25) is 0 Å². The Balaban J connectivity index is 2.08. The summed E-state index contributed by atoms with van der Waals surface area (Å²) < 4.78 is 7.63. The highest BCUT2D eigenvalue weighted by Crippen LogP contribution is 2.28. The van der Waals surface area contributed by atoms with Crippen molar-refractivity contribution >= 4 is 16.7 Å². The fourth-order valence-electron chi connectivity index (χ4n) is 2.87. The Kier molecular flexibility index (Phi) is 2.94. The van der Waals surface area contributed by atoms with Crippen LogP contribution in [0, 0.1) is 12.8 Å². The number of ether oxygens (including phenoxy) is 1. The topological polar surface area (TPSA) is 31.2 Å². The molecule has 1 fully saturated rings. The fraction of sp³-hybridized carbons (Fsp3) is 0.438. The summed E-state index contributed by atoms with van der Waals surface area (Å²) in [5, 5.41) is 1.03. The molecule has 0 aliphatic carbocycles. The first-order valence-electron chi connectivity index (χ1n) is 6.79. The number of rotatable bonds is 2. The fourth-order valence-corrected chi connectivity index (χ4v) is 2.87. The number of carbonyl (C=O) groups excluding carboxylic acids is 1. The van der Waals surface area contributed by atoms with E-state index in [-0.39, 0.29) is 11.9 Å². The molecular formula is C16H19NO2. The largest absolute Gasteiger partial charge is 0.370 e. The van der Waals surface area contributed by atoms with Crippen molar-refractivity contribution in [2.45, 2.75) is 26.4 Å². The van der Waals surface area contributed by atoms with E-state index in [1.165, 1.54) is 5.56 Å². The first-order chi connectivity index (χ1) is 9.08. The van der Waals surface area contributed by atoms with Crippen molar-refractivity contribution in [1.29, 1.82) is 0 Å². The lowest BCUT2D eigenvalue weighted by molar-refractivity contribution is 0.0581. The molecule has 0 spiro atoms. The maximum atomic E-state index is 12.6. The van der Waals surface area contributed by atoms with E-state index in [2.05, 4.69) is 26.0 Å². The van der Waals surface area contributed by atoms with Crippen LogP contribution < -0.4 is 0 Å². The molecule has 1 saturated heterocycles. The van der Waals surface area contributed by atoms with Crippen LogP contribution in [-0.2, 0) is 11.8 Å². The first kappa shape index (κ1) is 12.4. The molecule has 3 rings (SSSR count). The van der Waals surface area contributed by atoms with Crippen LogP contribution in [0.15, 0.2) is 24.4 Å². The summed E-state index contributed by atoms with van der Waals surface area (Å²) in [6.07, 6.45) is 2.63. The number of carbonyl (C=O) groups is 1. The number of hydrogen-bond acceptors (Lipinski definition) is 2. The highest BCUT2D eigenvalue weighted by Gasteiger charge is 2.32. The van der Waals surface area contributed by atoms with E-state index in [9.17, 15) is 4.79 Å². The molecule has 100 valence electrons. The Hall–Kier alpha value is -1.61. The zero-order valence-corrected chi connectivity index (χ0v) is 11.6. The van der Waals surface area contributed by atoms with Gasteiger partial charge in [0.2, 0.25) is 0 Å². The van der Waals surface area contributed by atoms with Gasteiger partial charge in [0.05, 0.1) is 0 Å². The van der Waals surface area contributed by atoms with Gasteiger partial charge in [-0.15, -0.1) is 0 Å². The molecule has 3 heteroatoms. The van der Waals surface area contributed by atoms with Crippen LogP contribution in [-0.4, -0.2) is 23.1 Å². The van der Waals surface area contributed by atoms with Gasteiger partial charge in [-0.05, 0) is 30.9 Å². The number of nitrogens with zero attached hydrogens (tertiary/aromatic N) is 1. The normalized spacial score (nSPS) is 23.1. The lowest BCUT2D eigenvalue weighted by atomic mass is 9.96. The summed E-state index contributed by atoms with van der Waals surface area (Å²) in [5.74, 6) is 0.438. The Morgan fingerprint density at radius 1 is 1.42 bits per heavy atom. The molecule has 0 saturated carbocycles. The average Bonchev–Trinajstić information content (AvgIpc) is 2.94. The van der Waals surface area contributed by atoms with Gasteiger partial charge in [-0.3, -0.25) is 4.79 Å². The molecule has 0 amide bonds. The Morgan fingerprint density at radius 3 is 2.89 bits per heavy atom. The van der Waals surface area contributed by atoms with Crippen molar-refractivity contribution in [3.63, 3.8) is 0 Å². The van der Waals surface area contributed by atoms with E-state index in [4.69, 9.17) is 4.74 Å². The molecule has 1 aliphatic rings. The molecule has 0 bridgehead atoms. The lowest BCUT2D eigenvalue weighted by Gasteiger charge is -2.12. The molecule has 2 atom stereocenters. The van der Waals surface area contributed by atoms with Gasteiger partial charge in [0.25, 0.3) is 0 Å². The zero-order valence-electron chi connectivity index (χ0n) is 11.6. The van der Waals surface area contributed by atoms with Crippen molar-refractivity contribution in [3.05, 3.63) is 35.5 Å². The van der Waals surface area contributed by atoms with Gasteiger partial charge < -0.3 is 9.30 Å². The summed E-state index contributed by atoms with van der Waals surface area (Å²) in [6, 6.07) is 6.21. The predicted octanol–water partition coefficient (Wildman–Crippen LogP) is 3.09. The number of benzene rings is 1. The molecule has 19 heavy (non-hydrogen) atoms. The second-order valence-corrected chi connectivity index (χ2v) is 5.60. The highest BCUT2D eigenvalue weighted by atomic mass is 16.5. The molecule has 0 N–H and O–H groups in total. The third kappa shape index (κ3) is 1.98. The monoisotopic (exact) mass is 257 g/mol. The maximum Gasteiger partial charge on any atom is 0.193 e. The van der Waals surface area contributed by atoms with E-state index in [0.29, 0.717) is 12.5 Å². The molecule has 1 aliphatic heterocycles. The predicted molar refractivity (Wildman–Crippen MR) is 75.5 cm³/mol. The standard InChI is InChI=1S/C16H19NO2/c1-10-4-5-12-13(9-17(3)14(12)8-10)15(18)16-11(2)6-7-19-16/h4-5,8-9,11,16H,6-7H2,1-3H3. The van der Waals surface area contributed by atoms with Gasteiger partial charge in [-0.25, -0.2) is 0 Å². The van der Waals surface area contributed by atoms with Gasteiger partial charge in [-0.2, -0.15) is 0 Å². The second-order valence-electron chi connectivity index (χ2n) is 5.60. The van der Waals surface area contributed by atoms with E-state index in [0.717, 1.165) is 22.9 Å². The summed E-state index contributed by atoms with van der Waals surface area (Å²) in [5.41, 5.74) is 3.10. The van der Waals surface area contributed by atoms with Crippen molar-refractivity contribution in [2.24, 2.45) is 13.0 Å². The minimum Gasteiger partial charge on any atom is -0.370 e. The third-order valence-electron chi connectivity index (χ3n) is 4.06. The molecule has 3 nitrogen and oxygen atoms in total. The molecule has 0 radical (unpaired) electrons. The number of aromatic nitrogens is 1. The van der Waals surface area contributed by atoms with Crippen LogP contribution in [0.25, 0.3) is 10.9 Å². The maximum absolute atomic E-state index is 12.6. The van der Waals surface area contributed by atoms with Crippen LogP contribution >= 0.6 is 0 Å².